The molecule has 1 aromatic heterocycles. The summed E-state index contributed by atoms with van der Waals surface area (Å²) in [4.78, 5) is 10.9. The second-order valence-electron chi connectivity index (χ2n) is 2.77. The van der Waals surface area contributed by atoms with E-state index in [4.69, 9.17) is 5.21 Å². The van der Waals surface area contributed by atoms with Gasteiger partial charge in [0.25, 0.3) is 5.91 Å². The average molecular weight is 192 g/mol. The topological polar surface area (TPSA) is 80.0 Å². The van der Waals surface area contributed by atoms with Gasteiger partial charge in [0.2, 0.25) is 0 Å². The zero-order valence-electron chi connectivity index (χ0n) is 7.21. The number of carbonyl (C=O) groups is 1. The SMILES string of the molecule is O=C(Cn1nnc2ccccc21)NO. The molecule has 72 valence electrons. The van der Waals surface area contributed by atoms with Crippen LogP contribution in [0.25, 0.3) is 11.0 Å². The summed E-state index contributed by atoms with van der Waals surface area (Å²) in [6, 6.07) is 7.28. The van der Waals surface area contributed by atoms with Crippen LogP contribution in [-0.4, -0.2) is 26.1 Å². The molecule has 14 heavy (non-hydrogen) atoms. The number of para-hydroxylation sites is 1. The third-order valence-corrected chi connectivity index (χ3v) is 1.84. The lowest BCUT2D eigenvalue weighted by Gasteiger charge is -1.98. The first-order valence-corrected chi connectivity index (χ1v) is 4.02. The molecule has 0 unspecified atom stereocenters. The molecule has 2 aromatic rings. The molecule has 0 saturated heterocycles. The van der Waals surface area contributed by atoms with Crippen molar-refractivity contribution < 1.29 is 10.0 Å². The molecule has 1 heterocycles. The molecule has 0 fully saturated rings. The van der Waals surface area contributed by atoms with E-state index in [9.17, 15) is 4.79 Å². The molecule has 0 aliphatic heterocycles. The Balaban J connectivity index is 2.38. The summed E-state index contributed by atoms with van der Waals surface area (Å²) in [5.41, 5.74) is 3.02. The van der Waals surface area contributed by atoms with Crippen molar-refractivity contribution in [1.29, 1.82) is 0 Å². The molecule has 0 bridgehead atoms. The van der Waals surface area contributed by atoms with Crippen molar-refractivity contribution in [3.63, 3.8) is 0 Å². The maximum atomic E-state index is 10.9. The fourth-order valence-electron chi connectivity index (χ4n) is 1.21. The molecule has 6 heteroatoms. The molecular weight excluding hydrogens is 184 g/mol. The number of amides is 1. The number of fused-ring (bicyclic) bond motifs is 1. The molecule has 2 rings (SSSR count). The summed E-state index contributed by atoms with van der Waals surface area (Å²) in [5.74, 6) is -0.527. The van der Waals surface area contributed by atoms with Gasteiger partial charge in [-0.15, -0.1) is 5.10 Å². The minimum absolute atomic E-state index is 0.0446. The molecule has 0 aliphatic carbocycles. The summed E-state index contributed by atoms with van der Waals surface area (Å²) in [7, 11) is 0. The van der Waals surface area contributed by atoms with E-state index in [2.05, 4.69) is 10.3 Å². The van der Waals surface area contributed by atoms with Crippen molar-refractivity contribution in [2.45, 2.75) is 6.54 Å². The highest BCUT2D eigenvalue weighted by Gasteiger charge is 2.06. The number of nitrogens with one attached hydrogen (secondary N) is 1. The normalized spacial score (nSPS) is 10.4. The lowest BCUT2D eigenvalue weighted by atomic mass is 10.3. The monoisotopic (exact) mass is 192 g/mol. The Bertz CT molecular complexity index is 465. The lowest BCUT2D eigenvalue weighted by Crippen LogP contribution is -2.24. The Morgan fingerprint density at radius 2 is 2.29 bits per heavy atom. The van der Waals surface area contributed by atoms with Gasteiger partial charge >= 0.3 is 0 Å². The minimum atomic E-state index is -0.527. The molecule has 0 spiro atoms. The van der Waals surface area contributed by atoms with Crippen LogP contribution in [0.5, 0.6) is 0 Å². The smallest absolute Gasteiger partial charge is 0.265 e. The Hall–Kier alpha value is -1.95. The van der Waals surface area contributed by atoms with Crippen molar-refractivity contribution in [1.82, 2.24) is 20.5 Å². The van der Waals surface area contributed by atoms with Gasteiger partial charge in [-0.05, 0) is 12.1 Å². The molecule has 0 aliphatic rings. The average Bonchev–Trinajstić information content (AvgIpc) is 2.62. The Morgan fingerprint density at radius 1 is 1.50 bits per heavy atom. The first-order valence-electron chi connectivity index (χ1n) is 4.02. The van der Waals surface area contributed by atoms with Crippen LogP contribution >= 0.6 is 0 Å². The largest absolute Gasteiger partial charge is 0.289 e. The fraction of sp³-hybridized carbons (Fsp3) is 0.125. The van der Waals surface area contributed by atoms with E-state index in [1.165, 1.54) is 4.68 Å². The molecule has 0 atom stereocenters. The van der Waals surface area contributed by atoms with Gasteiger partial charge in [-0.1, -0.05) is 17.3 Å². The van der Waals surface area contributed by atoms with Gasteiger partial charge in [0, 0.05) is 0 Å². The van der Waals surface area contributed by atoms with Crippen LogP contribution in [0.15, 0.2) is 24.3 Å². The molecule has 2 N–H and O–H groups in total. The van der Waals surface area contributed by atoms with Crippen molar-refractivity contribution in [2.75, 3.05) is 0 Å². The third kappa shape index (κ3) is 1.42. The van der Waals surface area contributed by atoms with Crippen molar-refractivity contribution in [3.05, 3.63) is 24.3 Å². The van der Waals surface area contributed by atoms with E-state index in [1.807, 2.05) is 12.1 Å². The van der Waals surface area contributed by atoms with Crippen molar-refractivity contribution in [2.24, 2.45) is 0 Å². The second-order valence-corrected chi connectivity index (χ2v) is 2.77. The quantitative estimate of drug-likeness (QED) is 0.516. The predicted molar refractivity (Wildman–Crippen MR) is 47.5 cm³/mol. The highest BCUT2D eigenvalue weighted by Crippen LogP contribution is 2.08. The summed E-state index contributed by atoms with van der Waals surface area (Å²) in [6.07, 6.45) is 0. The zero-order valence-corrected chi connectivity index (χ0v) is 7.21. The molecule has 6 nitrogen and oxygen atoms in total. The number of carbonyl (C=O) groups excluding carboxylic acids is 1. The molecule has 1 aromatic carbocycles. The Kier molecular flexibility index (Phi) is 2.11. The van der Waals surface area contributed by atoms with Crippen LogP contribution in [0, 0.1) is 0 Å². The van der Waals surface area contributed by atoms with Crippen molar-refractivity contribution in [3.8, 4) is 0 Å². The minimum Gasteiger partial charge on any atom is -0.289 e. The van der Waals surface area contributed by atoms with E-state index in [-0.39, 0.29) is 6.54 Å². The summed E-state index contributed by atoms with van der Waals surface area (Å²) >= 11 is 0. The zero-order chi connectivity index (χ0) is 9.97. The van der Waals surface area contributed by atoms with Crippen LogP contribution in [0.2, 0.25) is 0 Å². The van der Waals surface area contributed by atoms with E-state index < -0.39 is 5.91 Å². The number of hydrogen-bond acceptors (Lipinski definition) is 4. The lowest BCUT2D eigenvalue weighted by molar-refractivity contribution is -0.129. The molecule has 0 saturated carbocycles. The highest BCUT2D eigenvalue weighted by molar-refractivity contribution is 5.78. The van der Waals surface area contributed by atoms with Gasteiger partial charge < -0.3 is 0 Å². The summed E-state index contributed by atoms with van der Waals surface area (Å²) in [6.45, 7) is -0.0446. The Labute approximate surface area is 79.1 Å². The van der Waals surface area contributed by atoms with Crippen LogP contribution < -0.4 is 5.48 Å². The van der Waals surface area contributed by atoms with E-state index >= 15 is 0 Å². The van der Waals surface area contributed by atoms with E-state index in [0.29, 0.717) is 0 Å². The summed E-state index contributed by atoms with van der Waals surface area (Å²) < 4.78 is 1.42. The second kappa shape index (κ2) is 3.43. The predicted octanol–water partition coefficient (Wildman–Crippen LogP) is -0.0633. The standard InChI is InChI=1S/C8H8N4O2/c13-8(10-14)5-12-7-4-2-1-3-6(7)9-11-12/h1-4,14H,5H2,(H,10,13). The third-order valence-electron chi connectivity index (χ3n) is 1.84. The molecule has 0 radical (unpaired) electrons. The summed E-state index contributed by atoms with van der Waals surface area (Å²) in [5, 5.41) is 16.0. The van der Waals surface area contributed by atoms with E-state index in [0.717, 1.165) is 11.0 Å². The van der Waals surface area contributed by atoms with Crippen LogP contribution in [0.4, 0.5) is 0 Å². The number of benzene rings is 1. The number of nitrogens with zero attached hydrogens (tertiary/aromatic N) is 3. The Morgan fingerprint density at radius 3 is 3.07 bits per heavy atom. The van der Waals surface area contributed by atoms with Crippen molar-refractivity contribution >= 4 is 16.9 Å². The first kappa shape index (κ1) is 8.64. The van der Waals surface area contributed by atoms with Crippen LogP contribution in [0.1, 0.15) is 0 Å². The fourth-order valence-corrected chi connectivity index (χ4v) is 1.21. The van der Waals surface area contributed by atoms with Gasteiger partial charge in [0.15, 0.2) is 0 Å². The number of rotatable bonds is 2. The van der Waals surface area contributed by atoms with Crippen LogP contribution in [-0.2, 0) is 11.3 Å². The number of hydroxylamine groups is 1. The highest BCUT2D eigenvalue weighted by atomic mass is 16.5. The van der Waals surface area contributed by atoms with Gasteiger partial charge in [-0.2, -0.15) is 0 Å². The first-order chi connectivity index (χ1) is 6.81. The maximum Gasteiger partial charge on any atom is 0.265 e. The van der Waals surface area contributed by atoms with E-state index in [1.54, 1.807) is 17.6 Å². The van der Waals surface area contributed by atoms with Crippen LogP contribution in [0.3, 0.4) is 0 Å². The molecular formula is C8H8N4O2. The maximum absolute atomic E-state index is 10.9. The van der Waals surface area contributed by atoms with Gasteiger partial charge in [0.1, 0.15) is 12.1 Å². The number of hydrogen-bond donors (Lipinski definition) is 2. The molecule has 1 amide bonds. The number of aromatic nitrogens is 3. The van der Waals surface area contributed by atoms with Gasteiger partial charge in [0.05, 0.1) is 5.52 Å². The van der Waals surface area contributed by atoms with Gasteiger partial charge in [-0.25, -0.2) is 10.2 Å². The van der Waals surface area contributed by atoms with Gasteiger partial charge in [-0.3, -0.25) is 10.0 Å².